The van der Waals surface area contributed by atoms with Gasteiger partial charge in [0.15, 0.2) is 0 Å². The molecule has 0 saturated carbocycles. The Hall–Kier alpha value is -0.870. The summed E-state index contributed by atoms with van der Waals surface area (Å²) in [7, 11) is 8.21. The minimum absolute atomic E-state index is 0.381. The van der Waals surface area contributed by atoms with Crippen molar-refractivity contribution in [3.63, 3.8) is 0 Å². The van der Waals surface area contributed by atoms with Gasteiger partial charge in [0.25, 0.3) is 0 Å². The number of aromatic nitrogens is 2. The van der Waals surface area contributed by atoms with Gasteiger partial charge >= 0.3 is 0 Å². The first-order chi connectivity index (χ1) is 6.57. The van der Waals surface area contributed by atoms with Gasteiger partial charge in [-0.2, -0.15) is 0 Å². The molecule has 1 rings (SSSR count). The third kappa shape index (κ3) is 2.13. The summed E-state index contributed by atoms with van der Waals surface area (Å²) in [5.41, 5.74) is 1.25. The van der Waals surface area contributed by atoms with Crippen molar-refractivity contribution in [2.24, 2.45) is 7.05 Å². The molecule has 1 N–H and O–H groups in total. The van der Waals surface area contributed by atoms with Crippen molar-refractivity contribution < 1.29 is 0 Å². The van der Waals surface area contributed by atoms with Gasteiger partial charge in [-0.05, 0) is 28.1 Å². The van der Waals surface area contributed by atoms with Gasteiger partial charge in [-0.25, -0.2) is 4.98 Å². The molecule has 1 unspecified atom stereocenters. The van der Waals surface area contributed by atoms with Gasteiger partial charge < -0.3 is 9.88 Å². The van der Waals surface area contributed by atoms with E-state index >= 15 is 0 Å². The largest absolute Gasteiger partial charge is 0.334 e. The zero-order valence-corrected chi connectivity index (χ0v) is 9.70. The molecule has 0 spiro atoms. The van der Waals surface area contributed by atoms with Gasteiger partial charge in [-0.1, -0.05) is 0 Å². The first-order valence-electron chi connectivity index (χ1n) is 4.87. The molecular weight excluding hydrogens is 176 g/mol. The molecule has 1 aromatic rings. The Morgan fingerprint density at radius 3 is 2.57 bits per heavy atom. The number of nitrogens with one attached hydrogen (secondary N) is 1. The summed E-state index contributed by atoms with van der Waals surface area (Å²) in [5, 5.41) is 3.20. The van der Waals surface area contributed by atoms with Crippen LogP contribution < -0.4 is 5.32 Å². The van der Waals surface area contributed by atoms with Gasteiger partial charge in [0.05, 0.1) is 17.9 Å². The molecule has 14 heavy (non-hydrogen) atoms. The maximum Gasteiger partial charge on any atom is 0.105 e. The topological polar surface area (TPSA) is 33.1 Å². The van der Waals surface area contributed by atoms with Gasteiger partial charge in [0.2, 0.25) is 0 Å². The lowest BCUT2D eigenvalue weighted by Gasteiger charge is -2.24. The highest BCUT2D eigenvalue weighted by molar-refractivity contribution is 5.09. The molecule has 0 saturated heterocycles. The smallest absolute Gasteiger partial charge is 0.105 e. The second-order valence-electron chi connectivity index (χ2n) is 3.83. The Morgan fingerprint density at radius 2 is 2.21 bits per heavy atom. The first kappa shape index (κ1) is 11.2. The highest BCUT2D eigenvalue weighted by Gasteiger charge is 2.17. The molecule has 0 aromatic carbocycles. The van der Waals surface area contributed by atoms with Crippen LogP contribution in [0.4, 0.5) is 0 Å². The SMILES string of the molecule is CNCC(c1cnc(C)n1C)N(C)C. The zero-order valence-electron chi connectivity index (χ0n) is 9.70. The maximum atomic E-state index is 4.31. The van der Waals surface area contributed by atoms with Crippen LogP contribution in [0.1, 0.15) is 17.6 Å². The summed E-state index contributed by atoms with van der Waals surface area (Å²) in [6, 6.07) is 0.381. The summed E-state index contributed by atoms with van der Waals surface area (Å²) < 4.78 is 2.14. The van der Waals surface area contributed by atoms with E-state index in [1.165, 1.54) is 5.69 Å². The lowest BCUT2D eigenvalue weighted by atomic mass is 10.2. The first-order valence-corrected chi connectivity index (χ1v) is 4.87. The third-order valence-electron chi connectivity index (χ3n) is 2.62. The fourth-order valence-electron chi connectivity index (χ4n) is 1.57. The number of nitrogens with zero attached hydrogens (tertiary/aromatic N) is 3. The van der Waals surface area contributed by atoms with Crippen LogP contribution >= 0.6 is 0 Å². The number of hydrogen-bond donors (Lipinski definition) is 1. The molecular formula is C10H20N4. The monoisotopic (exact) mass is 196 g/mol. The highest BCUT2D eigenvalue weighted by atomic mass is 15.2. The molecule has 0 amide bonds. The maximum absolute atomic E-state index is 4.31. The lowest BCUT2D eigenvalue weighted by molar-refractivity contribution is 0.283. The Kier molecular flexibility index (Phi) is 3.66. The van der Waals surface area contributed by atoms with Gasteiger partial charge in [-0.3, -0.25) is 4.90 Å². The van der Waals surface area contributed by atoms with E-state index in [1.807, 2.05) is 20.2 Å². The molecule has 4 heteroatoms. The number of rotatable bonds is 4. The van der Waals surface area contributed by atoms with Crippen LogP contribution in [0.25, 0.3) is 0 Å². The van der Waals surface area contributed by atoms with E-state index in [0.717, 1.165) is 12.4 Å². The predicted octanol–water partition coefficient (Wildman–Crippen LogP) is 0.551. The van der Waals surface area contributed by atoms with E-state index in [4.69, 9.17) is 0 Å². The normalized spacial score (nSPS) is 13.6. The molecule has 0 aliphatic rings. The van der Waals surface area contributed by atoms with Crippen molar-refractivity contribution in [2.45, 2.75) is 13.0 Å². The molecule has 4 nitrogen and oxygen atoms in total. The number of likely N-dealkylation sites (N-methyl/N-ethyl adjacent to an activating group) is 2. The van der Waals surface area contributed by atoms with Crippen LogP contribution in [0.5, 0.6) is 0 Å². The predicted molar refractivity (Wildman–Crippen MR) is 58.3 cm³/mol. The molecule has 0 radical (unpaired) electrons. The summed E-state index contributed by atoms with van der Waals surface area (Å²) >= 11 is 0. The number of hydrogen-bond acceptors (Lipinski definition) is 3. The summed E-state index contributed by atoms with van der Waals surface area (Å²) in [6.45, 7) is 2.96. The minimum Gasteiger partial charge on any atom is -0.334 e. The van der Waals surface area contributed by atoms with Crippen LogP contribution in [0.15, 0.2) is 6.20 Å². The molecule has 1 atom stereocenters. The molecule has 80 valence electrons. The Balaban J connectivity index is 2.93. The van der Waals surface area contributed by atoms with Crippen LogP contribution in [0.3, 0.4) is 0 Å². The van der Waals surface area contributed by atoms with E-state index in [1.54, 1.807) is 0 Å². The van der Waals surface area contributed by atoms with Crippen molar-refractivity contribution >= 4 is 0 Å². The van der Waals surface area contributed by atoms with Gasteiger partial charge in [-0.15, -0.1) is 0 Å². The number of aryl methyl sites for hydroxylation is 1. The van der Waals surface area contributed by atoms with Gasteiger partial charge in [0.1, 0.15) is 5.82 Å². The Bertz CT molecular complexity index is 290. The van der Waals surface area contributed by atoms with Crippen LogP contribution in [-0.4, -0.2) is 42.1 Å². The highest BCUT2D eigenvalue weighted by Crippen LogP contribution is 2.17. The average molecular weight is 196 g/mol. The van der Waals surface area contributed by atoms with E-state index in [0.29, 0.717) is 6.04 Å². The molecule has 1 heterocycles. The quantitative estimate of drug-likeness (QED) is 0.763. The molecule has 1 aromatic heterocycles. The van der Waals surface area contributed by atoms with Crippen LogP contribution in [0.2, 0.25) is 0 Å². The number of imidazole rings is 1. The summed E-state index contributed by atoms with van der Waals surface area (Å²) in [5.74, 6) is 1.06. The van der Waals surface area contributed by atoms with Crippen molar-refractivity contribution in [2.75, 3.05) is 27.7 Å². The standard InChI is InChI=1S/C10H20N4/c1-8-12-7-10(14(8)5)9(6-11-2)13(3)4/h7,9,11H,6H2,1-5H3. The fourth-order valence-corrected chi connectivity index (χ4v) is 1.57. The van der Waals surface area contributed by atoms with Crippen LogP contribution in [0, 0.1) is 6.92 Å². The van der Waals surface area contributed by atoms with Crippen molar-refractivity contribution in [3.8, 4) is 0 Å². The fraction of sp³-hybridized carbons (Fsp3) is 0.700. The van der Waals surface area contributed by atoms with E-state index < -0.39 is 0 Å². The average Bonchev–Trinajstić information content (AvgIpc) is 2.44. The summed E-state index contributed by atoms with van der Waals surface area (Å²) in [6.07, 6.45) is 1.96. The zero-order chi connectivity index (χ0) is 10.7. The van der Waals surface area contributed by atoms with Crippen molar-refractivity contribution in [1.29, 1.82) is 0 Å². The molecule has 0 aliphatic heterocycles. The molecule has 0 aliphatic carbocycles. The Morgan fingerprint density at radius 1 is 1.57 bits per heavy atom. The van der Waals surface area contributed by atoms with Crippen molar-refractivity contribution in [1.82, 2.24) is 19.8 Å². The van der Waals surface area contributed by atoms with Gasteiger partial charge in [0, 0.05) is 13.6 Å². The molecule has 0 fully saturated rings. The van der Waals surface area contributed by atoms with E-state index in [9.17, 15) is 0 Å². The third-order valence-corrected chi connectivity index (χ3v) is 2.62. The van der Waals surface area contributed by atoms with E-state index in [2.05, 4.69) is 40.9 Å². The van der Waals surface area contributed by atoms with Crippen LogP contribution in [-0.2, 0) is 7.05 Å². The molecule has 0 bridgehead atoms. The minimum atomic E-state index is 0.381. The van der Waals surface area contributed by atoms with E-state index in [-0.39, 0.29) is 0 Å². The lowest BCUT2D eigenvalue weighted by Crippen LogP contribution is -2.30. The van der Waals surface area contributed by atoms with Crippen molar-refractivity contribution in [3.05, 3.63) is 17.7 Å². The summed E-state index contributed by atoms with van der Waals surface area (Å²) in [4.78, 5) is 6.51. The second kappa shape index (κ2) is 4.57. The Labute approximate surface area is 85.9 Å². The second-order valence-corrected chi connectivity index (χ2v) is 3.83.